The van der Waals surface area contributed by atoms with E-state index in [1.54, 1.807) is 18.2 Å². The number of hydrogen-bond donors (Lipinski definition) is 1. The van der Waals surface area contributed by atoms with Gasteiger partial charge < -0.3 is 10.1 Å². The molecule has 0 aliphatic heterocycles. The molecule has 5 nitrogen and oxygen atoms in total. The monoisotopic (exact) mass is 250 g/mol. The summed E-state index contributed by atoms with van der Waals surface area (Å²) in [6.07, 6.45) is 1.63. The van der Waals surface area contributed by atoms with E-state index in [0.717, 1.165) is 5.56 Å². The molecule has 0 aliphatic rings. The minimum atomic E-state index is -0.392. The van der Waals surface area contributed by atoms with Gasteiger partial charge in [0, 0.05) is 12.6 Å². The van der Waals surface area contributed by atoms with Crippen LogP contribution in [0.25, 0.3) is 0 Å². The molecule has 5 heteroatoms. The maximum absolute atomic E-state index is 10.9. The van der Waals surface area contributed by atoms with Gasteiger partial charge in [-0.1, -0.05) is 12.1 Å². The zero-order valence-corrected chi connectivity index (χ0v) is 10.7. The zero-order valence-electron chi connectivity index (χ0n) is 10.7. The lowest BCUT2D eigenvalue weighted by Crippen LogP contribution is -2.20. The Hall–Kier alpha value is -1.88. The second kappa shape index (κ2) is 6.76. The fraction of sp³-hybridized carbons (Fsp3) is 0.385. The van der Waals surface area contributed by atoms with Gasteiger partial charge in [-0.15, -0.1) is 6.58 Å². The molecule has 1 aromatic rings. The molecule has 0 aromatic heterocycles. The van der Waals surface area contributed by atoms with E-state index in [1.165, 1.54) is 6.07 Å². The number of ether oxygens (including phenoxy) is 1. The van der Waals surface area contributed by atoms with E-state index in [4.69, 9.17) is 4.74 Å². The SMILES string of the molecule is C=CCOC(C)CNc1cc(C)ccc1[N+](=O)[O-]. The average Bonchev–Trinajstić information content (AvgIpc) is 2.33. The second-order valence-electron chi connectivity index (χ2n) is 4.09. The Bertz CT molecular complexity index is 432. The number of anilines is 1. The molecule has 0 radical (unpaired) electrons. The summed E-state index contributed by atoms with van der Waals surface area (Å²) in [6.45, 7) is 8.34. The molecule has 1 unspecified atom stereocenters. The van der Waals surface area contributed by atoms with E-state index in [1.807, 2.05) is 13.8 Å². The molecule has 0 amide bonds. The molecule has 18 heavy (non-hydrogen) atoms. The molecule has 1 aromatic carbocycles. The van der Waals surface area contributed by atoms with Crippen LogP contribution in [0.3, 0.4) is 0 Å². The Balaban J connectivity index is 2.68. The molecule has 0 heterocycles. The minimum absolute atomic E-state index is 0.0388. The molecule has 0 fully saturated rings. The van der Waals surface area contributed by atoms with Gasteiger partial charge in [-0.2, -0.15) is 0 Å². The van der Waals surface area contributed by atoms with Gasteiger partial charge in [-0.3, -0.25) is 10.1 Å². The Morgan fingerprint density at radius 1 is 1.61 bits per heavy atom. The van der Waals surface area contributed by atoms with E-state index in [9.17, 15) is 10.1 Å². The topological polar surface area (TPSA) is 64.4 Å². The summed E-state index contributed by atoms with van der Waals surface area (Å²) in [5.74, 6) is 0. The lowest BCUT2D eigenvalue weighted by atomic mass is 10.2. The van der Waals surface area contributed by atoms with Crippen LogP contribution in [-0.4, -0.2) is 24.2 Å². The average molecular weight is 250 g/mol. The van der Waals surface area contributed by atoms with Crippen LogP contribution in [0.2, 0.25) is 0 Å². The Labute approximate surface area is 107 Å². The fourth-order valence-electron chi connectivity index (χ4n) is 1.50. The molecule has 1 atom stereocenters. The lowest BCUT2D eigenvalue weighted by Gasteiger charge is -2.14. The van der Waals surface area contributed by atoms with E-state index in [2.05, 4.69) is 11.9 Å². The predicted octanol–water partition coefficient (Wildman–Crippen LogP) is 2.91. The van der Waals surface area contributed by atoms with Crippen LogP contribution in [0.4, 0.5) is 11.4 Å². The third-order valence-corrected chi connectivity index (χ3v) is 2.43. The van der Waals surface area contributed by atoms with Gasteiger partial charge >= 0.3 is 0 Å². The number of nitrogens with zero attached hydrogens (tertiary/aromatic N) is 1. The first-order valence-electron chi connectivity index (χ1n) is 5.76. The first-order valence-corrected chi connectivity index (χ1v) is 5.76. The molecular formula is C13H18N2O3. The summed E-state index contributed by atoms with van der Waals surface area (Å²) >= 11 is 0. The third-order valence-electron chi connectivity index (χ3n) is 2.43. The first-order chi connectivity index (χ1) is 8.54. The minimum Gasteiger partial charge on any atom is -0.377 e. The second-order valence-corrected chi connectivity index (χ2v) is 4.09. The zero-order chi connectivity index (χ0) is 13.5. The van der Waals surface area contributed by atoms with Crippen molar-refractivity contribution >= 4 is 11.4 Å². The predicted molar refractivity (Wildman–Crippen MR) is 71.9 cm³/mol. The quantitative estimate of drug-likeness (QED) is 0.459. The largest absolute Gasteiger partial charge is 0.377 e. The maximum atomic E-state index is 10.9. The normalized spacial score (nSPS) is 11.9. The molecule has 1 N–H and O–H groups in total. The number of rotatable bonds is 7. The number of nitro benzene ring substituents is 1. The highest BCUT2D eigenvalue weighted by Crippen LogP contribution is 2.25. The molecule has 98 valence electrons. The van der Waals surface area contributed by atoms with Gasteiger partial charge in [0.25, 0.3) is 5.69 Å². The molecule has 1 rings (SSSR count). The van der Waals surface area contributed by atoms with Crippen molar-refractivity contribution in [3.05, 3.63) is 46.5 Å². The van der Waals surface area contributed by atoms with Gasteiger partial charge in [0.05, 0.1) is 17.6 Å². The summed E-state index contributed by atoms with van der Waals surface area (Å²) in [5.41, 5.74) is 1.58. The molecule has 0 saturated carbocycles. The van der Waals surface area contributed by atoms with Crippen LogP contribution in [-0.2, 0) is 4.74 Å². The van der Waals surface area contributed by atoms with Gasteiger partial charge in [0.15, 0.2) is 0 Å². The van der Waals surface area contributed by atoms with Crippen molar-refractivity contribution in [1.82, 2.24) is 0 Å². The summed E-state index contributed by atoms with van der Waals surface area (Å²) in [7, 11) is 0. The number of nitro groups is 1. The smallest absolute Gasteiger partial charge is 0.292 e. The van der Waals surface area contributed by atoms with Crippen molar-refractivity contribution in [2.24, 2.45) is 0 Å². The number of hydrogen-bond acceptors (Lipinski definition) is 4. The van der Waals surface area contributed by atoms with Crippen molar-refractivity contribution in [2.45, 2.75) is 20.0 Å². The highest BCUT2D eigenvalue weighted by atomic mass is 16.6. The summed E-state index contributed by atoms with van der Waals surface area (Å²) < 4.78 is 5.39. The van der Waals surface area contributed by atoms with Crippen LogP contribution in [0.1, 0.15) is 12.5 Å². The van der Waals surface area contributed by atoms with E-state index in [0.29, 0.717) is 18.8 Å². The number of aryl methyl sites for hydroxylation is 1. The van der Waals surface area contributed by atoms with Crippen molar-refractivity contribution in [1.29, 1.82) is 0 Å². The Kier molecular flexibility index (Phi) is 5.32. The fourth-order valence-corrected chi connectivity index (χ4v) is 1.50. The van der Waals surface area contributed by atoms with Gasteiger partial charge in [0.1, 0.15) is 5.69 Å². The van der Waals surface area contributed by atoms with Gasteiger partial charge in [-0.25, -0.2) is 0 Å². The third kappa shape index (κ3) is 4.18. The summed E-state index contributed by atoms with van der Waals surface area (Å²) in [4.78, 5) is 10.5. The van der Waals surface area contributed by atoms with Crippen molar-refractivity contribution < 1.29 is 9.66 Å². The van der Waals surface area contributed by atoms with Crippen molar-refractivity contribution in [3.63, 3.8) is 0 Å². The standard InChI is InChI=1S/C13H18N2O3/c1-4-7-18-11(3)9-14-12-8-10(2)5-6-13(12)15(16)17/h4-6,8,11,14H,1,7,9H2,2-3H3. The van der Waals surface area contributed by atoms with Gasteiger partial charge in [0.2, 0.25) is 0 Å². The van der Waals surface area contributed by atoms with Crippen molar-refractivity contribution in [3.8, 4) is 0 Å². The molecule has 0 spiro atoms. The van der Waals surface area contributed by atoms with E-state index in [-0.39, 0.29) is 11.8 Å². The molecule has 0 bridgehead atoms. The van der Waals surface area contributed by atoms with E-state index >= 15 is 0 Å². The van der Waals surface area contributed by atoms with Crippen LogP contribution >= 0.6 is 0 Å². The van der Waals surface area contributed by atoms with Crippen LogP contribution in [0, 0.1) is 17.0 Å². The Morgan fingerprint density at radius 2 is 2.33 bits per heavy atom. The van der Waals surface area contributed by atoms with Gasteiger partial charge in [-0.05, 0) is 25.5 Å². The molecule has 0 saturated heterocycles. The van der Waals surface area contributed by atoms with E-state index < -0.39 is 4.92 Å². The number of nitrogens with one attached hydrogen (secondary N) is 1. The Morgan fingerprint density at radius 3 is 2.94 bits per heavy atom. The highest BCUT2D eigenvalue weighted by Gasteiger charge is 2.13. The summed E-state index contributed by atoms with van der Waals surface area (Å²) in [5, 5.41) is 13.9. The van der Waals surface area contributed by atoms with Crippen LogP contribution in [0.15, 0.2) is 30.9 Å². The van der Waals surface area contributed by atoms with Crippen LogP contribution in [0.5, 0.6) is 0 Å². The summed E-state index contributed by atoms with van der Waals surface area (Å²) in [6, 6.07) is 4.99. The molecular weight excluding hydrogens is 232 g/mol. The maximum Gasteiger partial charge on any atom is 0.292 e. The first kappa shape index (κ1) is 14.2. The lowest BCUT2D eigenvalue weighted by molar-refractivity contribution is -0.384. The highest BCUT2D eigenvalue weighted by molar-refractivity contribution is 5.62. The van der Waals surface area contributed by atoms with Crippen LogP contribution < -0.4 is 5.32 Å². The molecule has 0 aliphatic carbocycles. The van der Waals surface area contributed by atoms with Crippen molar-refractivity contribution in [2.75, 3.05) is 18.5 Å². The number of benzene rings is 1.